The topological polar surface area (TPSA) is 89.6 Å². The molecule has 0 aliphatic heterocycles. The van der Waals surface area contributed by atoms with Crippen LogP contribution < -0.4 is 5.73 Å². The predicted molar refractivity (Wildman–Crippen MR) is 102 cm³/mol. The average molecular weight is 371 g/mol. The Morgan fingerprint density at radius 3 is 2.65 bits per heavy atom. The van der Waals surface area contributed by atoms with Crippen LogP contribution in [0.1, 0.15) is 23.1 Å². The lowest BCUT2D eigenvalue weighted by molar-refractivity contribution is -0.162. The molecule has 0 spiro atoms. The smallest absolute Gasteiger partial charge is 0.338 e. The predicted octanol–water partition coefficient (Wildman–Crippen LogP) is 2.84. The third kappa shape index (κ3) is 3.34. The van der Waals surface area contributed by atoms with E-state index in [-0.39, 0.29) is 13.0 Å². The molecule has 3 rings (SSSR count). The van der Waals surface area contributed by atoms with E-state index < -0.39 is 17.5 Å². The molecule has 0 bridgehead atoms. The van der Waals surface area contributed by atoms with Crippen molar-refractivity contribution >= 4 is 23.7 Å². The second-order valence-corrected chi connectivity index (χ2v) is 7.36. The van der Waals surface area contributed by atoms with E-state index in [0.717, 1.165) is 23.1 Å². The first-order valence-corrected chi connectivity index (χ1v) is 9.74. The minimum atomic E-state index is -2.01. The van der Waals surface area contributed by atoms with Gasteiger partial charge < -0.3 is 15.6 Å². The SMILES string of the molecule is CSCCC(N)(C(=O)O)C(=O)OCc1cccc2c1Cc1ccccc1-2. The summed E-state index contributed by atoms with van der Waals surface area (Å²) in [5.41, 5.74) is 9.37. The van der Waals surface area contributed by atoms with E-state index in [4.69, 9.17) is 10.5 Å². The van der Waals surface area contributed by atoms with Crippen LogP contribution in [0.3, 0.4) is 0 Å². The van der Waals surface area contributed by atoms with Gasteiger partial charge >= 0.3 is 11.9 Å². The maximum absolute atomic E-state index is 12.4. The van der Waals surface area contributed by atoms with Crippen LogP contribution in [0.15, 0.2) is 42.5 Å². The summed E-state index contributed by atoms with van der Waals surface area (Å²) in [6.45, 7) is 0.0154. The number of hydrogen-bond donors (Lipinski definition) is 2. The quantitative estimate of drug-likeness (QED) is 0.490. The largest absolute Gasteiger partial charge is 0.479 e. The van der Waals surface area contributed by atoms with Crippen molar-refractivity contribution < 1.29 is 19.4 Å². The number of thioether (sulfide) groups is 1. The van der Waals surface area contributed by atoms with E-state index in [1.54, 1.807) is 0 Å². The Morgan fingerprint density at radius 1 is 1.19 bits per heavy atom. The first-order chi connectivity index (χ1) is 12.5. The summed E-state index contributed by atoms with van der Waals surface area (Å²) >= 11 is 1.44. The fraction of sp³-hybridized carbons (Fsp3) is 0.300. The number of fused-ring (bicyclic) bond motifs is 3. The molecule has 3 N–H and O–H groups in total. The molecule has 0 saturated carbocycles. The molecule has 1 unspecified atom stereocenters. The molecule has 1 aliphatic rings. The van der Waals surface area contributed by atoms with E-state index in [0.29, 0.717) is 5.75 Å². The van der Waals surface area contributed by atoms with Gasteiger partial charge in [-0.2, -0.15) is 11.8 Å². The summed E-state index contributed by atoms with van der Waals surface area (Å²) in [7, 11) is 0. The number of benzene rings is 2. The first-order valence-electron chi connectivity index (χ1n) is 8.35. The van der Waals surface area contributed by atoms with Gasteiger partial charge in [-0.1, -0.05) is 42.5 Å². The Bertz CT molecular complexity index is 851. The molecule has 0 saturated heterocycles. The van der Waals surface area contributed by atoms with Crippen LogP contribution in [0.4, 0.5) is 0 Å². The van der Waals surface area contributed by atoms with Crippen LogP contribution in [0.5, 0.6) is 0 Å². The summed E-state index contributed by atoms with van der Waals surface area (Å²) in [5.74, 6) is -1.79. The number of carbonyl (C=O) groups is 2. The van der Waals surface area contributed by atoms with E-state index in [1.165, 1.54) is 22.9 Å². The Kier molecular flexibility index (Phi) is 5.34. The number of esters is 1. The summed E-state index contributed by atoms with van der Waals surface area (Å²) in [6, 6.07) is 14.0. The number of carbonyl (C=O) groups excluding carboxylic acids is 1. The molecule has 5 nitrogen and oxygen atoms in total. The van der Waals surface area contributed by atoms with Crippen molar-refractivity contribution in [1.82, 2.24) is 0 Å². The Hall–Kier alpha value is -2.31. The molecule has 0 aromatic heterocycles. The van der Waals surface area contributed by atoms with Gasteiger partial charge in [0.25, 0.3) is 0 Å². The Labute approximate surface area is 156 Å². The molecule has 1 aliphatic carbocycles. The van der Waals surface area contributed by atoms with Gasteiger partial charge in [-0.15, -0.1) is 0 Å². The van der Waals surface area contributed by atoms with Gasteiger partial charge in [-0.05, 0) is 52.7 Å². The summed E-state index contributed by atoms with van der Waals surface area (Å²) in [6.07, 6.45) is 2.64. The van der Waals surface area contributed by atoms with E-state index >= 15 is 0 Å². The first kappa shape index (κ1) is 18.5. The van der Waals surface area contributed by atoms with Gasteiger partial charge in [-0.3, -0.25) is 0 Å². The second kappa shape index (κ2) is 7.51. The maximum Gasteiger partial charge on any atom is 0.338 e. The third-order valence-corrected chi connectivity index (χ3v) is 5.37. The van der Waals surface area contributed by atoms with Gasteiger partial charge in [0.1, 0.15) is 6.61 Å². The molecule has 0 fully saturated rings. The van der Waals surface area contributed by atoms with Crippen molar-refractivity contribution in [1.29, 1.82) is 0 Å². The van der Waals surface area contributed by atoms with Crippen LogP contribution in [-0.4, -0.2) is 34.6 Å². The highest BCUT2D eigenvalue weighted by molar-refractivity contribution is 7.98. The molecule has 0 heterocycles. The fourth-order valence-corrected chi connectivity index (χ4v) is 3.72. The number of nitrogens with two attached hydrogens (primary N) is 1. The van der Waals surface area contributed by atoms with Crippen molar-refractivity contribution in [3.8, 4) is 11.1 Å². The lowest BCUT2D eigenvalue weighted by atomic mass is 9.98. The van der Waals surface area contributed by atoms with Gasteiger partial charge in [0.15, 0.2) is 0 Å². The zero-order valence-corrected chi connectivity index (χ0v) is 15.3. The number of carboxylic acid groups (broad SMARTS) is 1. The lowest BCUT2D eigenvalue weighted by Gasteiger charge is -2.22. The van der Waals surface area contributed by atoms with Gasteiger partial charge in [-0.25, -0.2) is 9.59 Å². The van der Waals surface area contributed by atoms with E-state index in [2.05, 4.69) is 18.2 Å². The number of hydrogen-bond acceptors (Lipinski definition) is 5. The van der Waals surface area contributed by atoms with E-state index in [1.807, 2.05) is 30.5 Å². The van der Waals surface area contributed by atoms with Gasteiger partial charge in [0, 0.05) is 0 Å². The van der Waals surface area contributed by atoms with Crippen LogP contribution >= 0.6 is 11.8 Å². The van der Waals surface area contributed by atoms with E-state index in [9.17, 15) is 14.7 Å². The number of rotatable bonds is 7. The number of carboxylic acids is 1. The second-order valence-electron chi connectivity index (χ2n) is 6.37. The summed E-state index contributed by atoms with van der Waals surface area (Å²) < 4.78 is 5.32. The zero-order chi connectivity index (χ0) is 18.7. The highest BCUT2D eigenvalue weighted by atomic mass is 32.2. The van der Waals surface area contributed by atoms with Crippen LogP contribution in [0, 0.1) is 0 Å². The highest BCUT2D eigenvalue weighted by Crippen LogP contribution is 2.38. The van der Waals surface area contributed by atoms with Crippen LogP contribution in [-0.2, 0) is 27.4 Å². The number of aliphatic carboxylic acids is 1. The maximum atomic E-state index is 12.4. The van der Waals surface area contributed by atoms with Crippen molar-refractivity contribution in [2.45, 2.75) is 25.0 Å². The van der Waals surface area contributed by atoms with Crippen molar-refractivity contribution in [2.24, 2.45) is 5.73 Å². The minimum Gasteiger partial charge on any atom is -0.479 e. The van der Waals surface area contributed by atoms with Crippen molar-refractivity contribution in [2.75, 3.05) is 12.0 Å². The third-order valence-electron chi connectivity index (χ3n) is 4.75. The van der Waals surface area contributed by atoms with Crippen molar-refractivity contribution in [3.05, 3.63) is 59.2 Å². The molecule has 0 radical (unpaired) electrons. The molecule has 26 heavy (non-hydrogen) atoms. The Balaban J connectivity index is 1.77. The average Bonchev–Trinajstić information content (AvgIpc) is 3.03. The van der Waals surface area contributed by atoms with Crippen LogP contribution in [0.25, 0.3) is 11.1 Å². The Morgan fingerprint density at radius 2 is 1.92 bits per heavy atom. The molecule has 0 amide bonds. The minimum absolute atomic E-state index is 0.0154. The molecule has 2 aromatic rings. The van der Waals surface area contributed by atoms with Gasteiger partial charge in [0.2, 0.25) is 5.54 Å². The summed E-state index contributed by atoms with van der Waals surface area (Å²) in [5, 5.41) is 9.36. The highest BCUT2D eigenvalue weighted by Gasteiger charge is 2.43. The number of ether oxygens (including phenoxy) is 1. The molecular weight excluding hydrogens is 350 g/mol. The zero-order valence-electron chi connectivity index (χ0n) is 14.5. The van der Waals surface area contributed by atoms with Gasteiger partial charge in [0.05, 0.1) is 0 Å². The fourth-order valence-electron chi connectivity index (χ4n) is 3.19. The summed E-state index contributed by atoms with van der Waals surface area (Å²) in [4.78, 5) is 23.8. The lowest BCUT2D eigenvalue weighted by Crippen LogP contribution is -2.56. The molecule has 1 atom stereocenters. The molecule has 2 aromatic carbocycles. The molecule has 6 heteroatoms. The normalized spacial score (nSPS) is 14.2. The molecule has 136 valence electrons. The molecular formula is C20H21NO4S. The monoisotopic (exact) mass is 371 g/mol. The van der Waals surface area contributed by atoms with Crippen molar-refractivity contribution in [3.63, 3.8) is 0 Å². The standard InChI is InChI=1S/C20H21NO4S/c1-26-10-9-20(21,18(22)23)19(24)25-12-14-6-4-8-16-15-7-3-2-5-13(15)11-17(14)16/h2-8H,9-12,21H2,1H3,(H,22,23). The van der Waals surface area contributed by atoms with Crippen LogP contribution in [0.2, 0.25) is 0 Å².